The van der Waals surface area contributed by atoms with Gasteiger partial charge in [-0.15, -0.1) is 0 Å². The molecule has 0 spiro atoms. The molecule has 1 aliphatic rings. The molecule has 8 heteroatoms. The zero-order chi connectivity index (χ0) is 19.2. The van der Waals surface area contributed by atoms with Crippen molar-refractivity contribution >= 4 is 18.0 Å². The summed E-state index contributed by atoms with van der Waals surface area (Å²) >= 11 is 0. The number of ether oxygens (including phenoxy) is 2. The fourth-order valence-electron chi connectivity index (χ4n) is 2.71. The summed E-state index contributed by atoms with van der Waals surface area (Å²) in [5, 5.41) is 2.81. The van der Waals surface area contributed by atoms with Gasteiger partial charge in [0.2, 0.25) is 5.91 Å². The predicted molar refractivity (Wildman–Crippen MR) is 94.5 cm³/mol. The number of nitrogens with zero attached hydrogens (tertiary/aromatic N) is 2. The van der Waals surface area contributed by atoms with E-state index in [1.165, 1.54) is 12.0 Å². The first-order chi connectivity index (χ1) is 13.1. The molecule has 0 aliphatic carbocycles. The lowest BCUT2D eigenvalue weighted by atomic mass is 10.1. The molecule has 2 heterocycles. The second-order valence-electron chi connectivity index (χ2n) is 5.98. The minimum Gasteiger partial charge on any atom is -0.465 e. The highest BCUT2D eigenvalue weighted by Crippen LogP contribution is 2.18. The van der Waals surface area contributed by atoms with Crippen molar-refractivity contribution in [1.29, 1.82) is 0 Å². The van der Waals surface area contributed by atoms with E-state index in [9.17, 15) is 14.4 Å². The van der Waals surface area contributed by atoms with Crippen LogP contribution in [0.25, 0.3) is 0 Å². The summed E-state index contributed by atoms with van der Waals surface area (Å²) in [5.74, 6) is -0.723. The molecule has 8 nitrogen and oxygen atoms in total. The molecule has 3 rings (SSSR count). The van der Waals surface area contributed by atoms with Crippen LogP contribution in [0.15, 0.2) is 48.8 Å². The van der Waals surface area contributed by atoms with Crippen LogP contribution in [0.1, 0.15) is 21.5 Å². The van der Waals surface area contributed by atoms with E-state index in [0.717, 1.165) is 11.1 Å². The van der Waals surface area contributed by atoms with Gasteiger partial charge >= 0.3 is 12.1 Å². The molecular formula is C19H19N3O5. The second kappa shape index (κ2) is 8.31. The Balaban J connectivity index is 1.63. The second-order valence-corrected chi connectivity index (χ2v) is 5.98. The van der Waals surface area contributed by atoms with Crippen molar-refractivity contribution in [3.05, 3.63) is 65.5 Å². The van der Waals surface area contributed by atoms with Crippen LogP contribution in [0.2, 0.25) is 0 Å². The Morgan fingerprint density at radius 1 is 1.19 bits per heavy atom. The van der Waals surface area contributed by atoms with Crippen LogP contribution in [0, 0.1) is 0 Å². The Morgan fingerprint density at radius 3 is 2.56 bits per heavy atom. The summed E-state index contributed by atoms with van der Waals surface area (Å²) in [6.07, 6.45) is 2.75. The van der Waals surface area contributed by atoms with E-state index >= 15 is 0 Å². The third-order valence-electron chi connectivity index (χ3n) is 4.22. The maximum absolute atomic E-state index is 12.5. The maximum Gasteiger partial charge on any atom is 0.410 e. The minimum absolute atomic E-state index is 0.00125. The molecule has 0 bridgehead atoms. The lowest BCUT2D eigenvalue weighted by molar-refractivity contribution is -0.125. The van der Waals surface area contributed by atoms with Crippen LogP contribution in [0.5, 0.6) is 0 Å². The summed E-state index contributed by atoms with van der Waals surface area (Å²) in [5.41, 5.74) is 2.10. The third kappa shape index (κ3) is 4.41. The first kappa shape index (κ1) is 18.4. The van der Waals surface area contributed by atoms with Gasteiger partial charge < -0.3 is 14.8 Å². The molecular weight excluding hydrogens is 350 g/mol. The molecule has 1 aliphatic heterocycles. The van der Waals surface area contributed by atoms with E-state index in [1.54, 1.807) is 48.8 Å². The van der Waals surface area contributed by atoms with E-state index in [4.69, 9.17) is 4.74 Å². The number of nitrogens with one attached hydrogen (secondary N) is 1. The average molecular weight is 369 g/mol. The van der Waals surface area contributed by atoms with Crippen LogP contribution < -0.4 is 5.32 Å². The van der Waals surface area contributed by atoms with E-state index in [-0.39, 0.29) is 19.1 Å². The molecule has 1 saturated heterocycles. The molecule has 1 N–H and O–H groups in total. The SMILES string of the molecule is COC(=O)c1ccc(CN2C(=O)OC[C@H]2C(=O)NCc2ccncc2)cc1. The summed E-state index contributed by atoms with van der Waals surface area (Å²) < 4.78 is 9.70. The summed E-state index contributed by atoms with van der Waals surface area (Å²) in [4.78, 5) is 41.3. The number of pyridine rings is 1. The molecule has 0 radical (unpaired) electrons. The summed E-state index contributed by atoms with van der Waals surface area (Å²) in [6, 6.07) is 9.55. The van der Waals surface area contributed by atoms with Gasteiger partial charge in [-0.3, -0.25) is 14.7 Å². The van der Waals surface area contributed by atoms with Crippen molar-refractivity contribution in [2.75, 3.05) is 13.7 Å². The number of methoxy groups -OCH3 is 1. The monoisotopic (exact) mass is 369 g/mol. The van der Waals surface area contributed by atoms with E-state index in [2.05, 4.69) is 15.0 Å². The van der Waals surface area contributed by atoms with Crippen LogP contribution in [-0.2, 0) is 27.4 Å². The summed E-state index contributed by atoms with van der Waals surface area (Å²) in [7, 11) is 1.31. The van der Waals surface area contributed by atoms with Gasteiger partial charge in [0.25, 0.3) is 0 Å². The Bertz CT molecular complexity index is 823. The molecule has 1 atom stereocenters. The number of cyclic esters (lactones) is 1. The Hall–Kier alpha value is -3.42. The third-order valence-corrected chi connectivity index (χ3v) is 4.22. The Kier molecular flexibility index (Phi) is 5.65. The van der Waals surface area contributed by atoms with E-state index < -0.39 is 18.1 Å². The number of rotatable bonds is 6. The fraction of sp³-hybridized carbons (Fsp3) is 0.263. The van der Waals surface area contributed by atoms with Crippen molar-refractivity contribution in [1.82, 2.24) is 15.2 Å². The molecule has 140 valence electrons. The molecule has 1 aromatic heterocycles. The van der Waals surface area contributed by atoms with Crippen molar-refractivity contribution in [3.8, 4) is 0 Å². The standard InChI is InChI=1S/C19H19N3O5/c1-26-18(24)15-4-2-14(3-5-15)11-22-16(12-27-19(22)25)17(23)21-10-13-6-8-20-9-7-13/h2-9,16H,10-12H2,1H3,(H,21,23)/t16-/m0/s1. The highest BCUT2D eigenvalue weighted by Gasteiger charge is 2.37. The molecule has 0 unspecified atom stereocenters. The molecule has 0 saturated carbocycles. The van der Waals surface area contributed by atoms with Gasteiger partial charge in [-0.2, -0.15) is 0 Å². The highest BCUT2D eigenvalue weighted by atomic mass is 16.6. The van der Waals surface area contributed by atoms with Gasteiger partial charge in [-0.1, -0.05) is 12.1 Å². The normalized spacial score (nSPS) is 16.0. The molecule has 2 amide bonds. The van der Waals surface area contributed by atoms with Crippen LogP contribution in [0.3, 0.4) is 0 Å². The van der Waals surface area contributed by atoms with Crippen molar-refractivity contribution in [3.63, 3.8) is 0 Å². The number of amides is 2. The first-order valence-electron chi connectivity index (χ1n) is 8.35. The maximum atomic E-state index is 12.5. The molecule has 1 fully saturated rings. The number of hydrogen-bond donors (Lipinski definition) is 1. The number of carbonyl (C=O) groups excluding carboxylic acids is 3. The Morgan fingerprint density at radius 2 is 1.89 bits per heavy atom. The van der Waals surface area contributed by atoms with Crippen LogP contribution in [-0.4, -0.2) is 47.6 Å². The van der Waals surface area contributed by atoms with E-state index in [1.807, 2.05) is 0 Å². The number of aromatic nitrogens is 1. The van der Waals surface area contributed by atoms with Gasteiger partial charge in [0, 0.05) is 18.9 Å². The highest BCUT2D eigenvalue weighted by molar-refractivity contribution is 5.89. The number of benzene rings is 1. The van der Waals surface area contributed by atoms with Crippen molar-refractivity contribution in [2.24, 2.45) is 0 Å². The summed E-state index contributed by atoms with van der Waals surface area (Å²) in [6.45, 7) is 0.544. The van der Waals surface area contributed by atoms with Gasteiger partial charge in [-0.25, -0.2) is 9.59 Å². The fourth-order valence-corrected chi connectivity index (χ4v) is 2.71. The lowest BCUT2D eigenvalue weighted by Crippen LogP contribution is -2.45. The zero-order valence-corrected chi connectivity index (χ0v) is 14.8. The molecule has 1 aromatic carbocycles. The average Bonchev–Trinajstić information content (AvgIpc) is 3.07. The van der Waals surface area contributed by atoms with Gasteiger partial charge in [0.05, 0.1) is 19.2 Å². The zero-order valence-electron chi connectivity index (χ0n) is 14.8. The topological polar surface area (TPSA) is 97.8 Å². The largest absolute Gasteiger partial charge is 0.465 e. The molecule has 27 heavy (non-hydrogen) atoms. The quantitative estimate of drug-likeness (QED) is 0.775. The van der Waals surface area contributed by atoms with Gasteiger partial charge in [0.1, 0.15) is 12.6 Å². The number of carbonyl (C=O) groups is 3. The van der Waals surface area contributed by atoms with Gasteiger partial charge in [0.15, 0.2) is 0 Å². The lowest BCUT2D eigenvalue weighted by Gasteiger charge is -2.21. The molecule has 2 aromatic rings. The first-order valence-corrected chi connectivity index (χ1v) is 8.35. The smallest absolute Gasteiger partial charge is 0.410 e. The predicted octanol–water partition coefficient (Wildman–Crippen LogP) is 1.51. The van der Waals surface area contributed by atoms with Crippen molar-refractivity contribution in [2.45, 2.75) is 19.1 Å². The number of hydrogen-bond acceptors (Lipinski definition) is 6. The van der Waals surface area contributed by atoms with Crippen LogP contribution >= 0.6 is 0 Å². The van der Waals surface area contributed by atoms with Gasteiger partial charge in [-0.05, 0) is 35.4 Å². The Labute approximate surface area is 156 Å². The van der Waals surface area contributed by atoms with Crippen molar-refractivity contribution < 1.29 is 23.9 Å². The minimum atomic E-state index is -0.709. The number of esters is 1. The van der Waals surface area contributed by atoms with E-state index in [0.29, 0.717) is 12.1 Å². The van der Waals surface area contributed by atoms with Crippen LogP contribution in [0.4, 0.5) is 4.79 Å².